The maximum absolute atomic E-state index is 9.21. The first kappa shape index (κ1) is 18.4. The second-order valence-corrected chi connectivity index (χ2v) is 8.79. The van der Waals surface area contributed by atoms with Crippen molar-refractivity contribution < 1.29 is 5.11 Å². The van der Waals surface area contributed by atoms with Gasteiger partial charge in [0, 0.05) is 26.7 Å². The van der Waals surface area contributed by atoms with Gasteiger partial charge in [-0.1, -0.05) is 58.9 Å². The van der Waals surface area contributed by atoms with Gasteiger partial charge < -0.3 is 5.11 Å². The lowest BCUT2D eigenvalue weighted by Gasteiger charge is -2.32. The van der Waals surface area contributed by atoms with Gasteiger partial charge in [-0.25, -0.2) is 10.0 Å². The van der Waals surface area contributed by atoms with Crippen molar-refractivity contribution >= 4 is 0 Å². The van der Waals surface area contributed by atoms with Gasteiger partial charge in [-0.2, -0.15) is 0 Å². The lowest BCUT2D eigenvalue weighted by Crippen LogP contribution is -2.35. The van der Waals surface area contributed by atoms with E-state index in [9.17, 15) is 5.11 Å². The summed E-state index contributed by atoms with van der Waals surface area (Å²) in [6.07, 6.45) is 1.10. The van der Waals surface area contributed by atoms with Crippen LogP contribution in [0.15, 0.2) is 24.3 Å². The quantitative estimate of drug-likeness (QED) is 0.902. The van der Waals surface area contributed by atoms with E-state index in [-0.39, 0.29) is 17.4 Å². The number of aliphatic hydroxyl groups is 1. The average Bonchev–Trinajstić information content (AvgIpc) is 2.80. The van der Waals surface area contributed by atoms with Gasteiger partial charge in [0.2, 0.25) is 0 Å². The highest BCUT2D eigenvalue weighted by atomic mass is 16.3. The molecule has 1 saturated heterocycles. The van der Waals surface area contributed by atoms with Crippen LogP contribution >= 0.6 is 0 Å². The fourth-order valence-corrected chi connectivity index (χ4v) is 3.58. The third-order valence-electron chi connectivity index (χ3n) is 5.31. The van der Waals surface area contributed by atoms with E-state index in [1.807, 2.05) is 0 Å². The predicted octanol–water partition coefficient (Wildman–Crippen LogP) is 3.32. The van der Waals surface area contributed by atoms with Crippen molar-refractivity contribution in [3.63, 3.8) is 0 Å². The Balaban J connectivity index is 2.10. The molecule has 0 aromatic heterocycles. The van der Waals surface area contributed by atoms with Crippen molar-refractivity contribution in [3.8, 4) is 0 Å². The van der Waals surface area contributed by atoms with Crippen LogP contribution in [-0.2, 0) is 11.8 Å². The van der Waals surface area contributed by atoms with Crippen molar-refractivity contribution in [1.82, 2.24) is 10.0 Å². The number of aliphatic hydroxyl groups excluding tert-OH is 1. The minimum atomic E-state index is 0.200. The van der Waals surface area contributed by atoms with Crippen molar-refractivity contribution in [2.24, 2.45) is 11.3 Å². The maximum atomic E-state index is 9.21. The number of β-amino-alcohol motifs (C(OH)–C–C–N with tert-alkyl or cyclic N) is 1. The fourth-order valence-electron chi connectivity index (χ4n) is 3.58. The molecule has 0 amide bonds. The summed E-state index contributed by atoms with van der Waals surface area (Å²) in [4.78, 5) is 0. The van der Waals surface area contributed by atoms with Crippen molar-refractivity contribution in [2.45, 2.75) is 46.5 Å². The predicted molar refractivity (Wildman–Crippen MR) is 97.4 cm³/mol. The zero-order chi connectivity index (χ0) is 17.3. The van der Waals surface area contributed by atoms with Gasteiger partial charge in [-0.05, 0) is 34.3 Å². The molecule has 0 spiro atoms. The Labute approximate surface area is 142 Å². The summed E-state index contributed by atoms with van der Waals surface area (Å²) in [5.41, 5.74) is 3.29. The fraction of sp³-hybridized carbons (Fsp3) is 0.700. The van der Waals surface area contributed by atoms with E-state index < -0.39 is 0 Å². The number of hydrogen-bond donors (Lipinski definition) is 1. The molecule has 0 bridgehead atoms. The molecule has 3 heteroatoms. The molecule has 0 saturated carbocycles. The van der Waals surface area contributed by atoms with Gasteiger partial charge in [-0.3, -0.25) is 0 Å². The normalized spacial score (nSPS) is 21.1. The second kappa shape index (κ2) is 6.92. The molecule has 0 radical (unpaired) electrons. The van der Waals surface area contributed by atoms with Crippen LogP contribution in [0.2, 0.25) is 0 Å². The zero-order valence-electron chi connectivity index (χ0n) is 15.8. The molecule has 1 aliphatic heterocycles. The number of hydrogen-bond acceptors (Lipinski definition) is 3. The van der Waals surface area contributed by atoms with E-state index >= 15 is 0 Å². The summed E-state index contributed by atoms with van der Waals surface area (Å²) in [6, 6.07) is 9.08. The van der Waals surface area contributed by atoms with Gasteiger partial charge in [0.25, 0.3) is 0 Å². The molecule has 23 heavy (non-hydrogen) atoms. The van der Waals surface area contributed by atoms with Gasteiger partial charge in [0.05, 0.1) is 6.61 Å². The lowest BCUT2D eigenvalue weighted by molar-refractivity contribution is 0.0382. The van der Waals surface area contributed by atoms with Crippen molar-refractivity contribution in [3.05, 3.63) is 35.4 Å². The summed E-state index contributed by atoms with van der Waals surface area (Å²) in [5, 5.41) is 13.8. The molecular formula is C20H34N2O. The average molecular weight is 319 g/mol. The largest absolute Gasteiger partial charge is 0.395 e. The molecule has 130 valence electrons. The highest BCUT2D eigenvalue weighted by molar-refractivity contribution is 5.29. The molecule has 1 N–H and O–H groups in total. The van der Waals surface area contributed by atoms with Crippen LogP contribution in [0, 0.1) is 11.3 Å². The molecule has 1 unspecified atom stereocenters. The van der Waals surface area contributed by atoms with Gasteiger partial charge >= 0.3 is 0 Å². The summed E-state index contributed by atoms with van der Waals surface area (Å²) in [6.45, 7) is 14.7. The maximum Gasteiger partial charge on any atom is 0.0572 e. The van der Waals surface area contributed by atoms with E-state index in [0.29, 0.717) is 5.92 Å². The Morgan fingerprint density at radius 3 is 2.43 bits per heavy atom. The topological polar surface area (TPSA) is 26.7 Å². The minimum absolute atomic E-state index is 0.200. The molecule has 1 aromatic rings. The molecule has 1 heterocycles. The standard InChI is InChI=1S/C20H34N2O/c1-19(2,3)17-9-7-8-16(12-17)13-20(4,5)18-14-21(6)22(15-18)10-11-23/h7-9,12,18,23H,10-11,13-15H2,1-6H3. The van der Waals surface area contributed by atoms with E-state index in [0.717, 1.165) is 26.1 Å². The number of benzene rings is 1. The zero-order valence-corrected chi connectivity index (χ0v) is 15.8. The first-order valence-corrected chi connectivity index (χ1v) is 8.80. The third-order valence-corrected chi connectivity index (χ3v) is 5.31. The molecule has 0 aliphatic carbocycles. The van der Waals surface area contributed by atoms with E-state index in [2.05, 4.69) is 75.9 Å². The molecule has 1 atom stereocenters. The van der Waals surface area contributed by atoms with Crippen LogP contribution in [0.1, 0.15) is 45.7 Å². The Morgan fingerprint density at radius 1 is 1.13 bits per heavy atom. The molecule has 1 aliphatic rings. The highest BCUT2D eigenvalue weighted by Gasteiger charge is 2.37. The second-order valence-electron chi connectivity index (χ2n) is 8.79. The number of rotatable bonds is 5. The monoisotopic (exact) mass is 318 g/mol. The third kappa shape index (κ3) is 4.56. The smallest absolute Gasteiger partial charge is 0.0572 e. The molecule has 1 fully saturated rings. The summed E-state index contributed by atoms with van der Waals surface area (Å²) >= 11 is 0. The molecule has 2 rings (SSSR count). The number of hydrazine groups is 1. The van der Waals surface area contributed by atoms with Gasteiger partial charge in [0.1, 0.15) is 0 Å². The van der Waals surface area contributed by atoms with Crippen LogP contribution in [0.5, 0.6) is 0 Å². The Morgan fingerprint density at radius 2 is 1.83 bits per heavy atom. The van der Waals surface area contributed by atoms with Crippen molar-refractivity contribution in [1.29, 1.82) is 0 Å². The van der Waals surface area contributed by atoms with Crippen molar-refractivity contribution in [2.75, 3.05) is 33.3 Å². The Hall–Kier alpha value is -0.900. The summed E-state index contributed by atoms with van der Waals surface area (Å²) < 4.78 is 0. The first-order valence-electron chi connectivity index (χ1n) is 8.80. The Bertz CT molecular complexity index is 519. The minimum Gasteiger partial charge on any atom is -0.395 e. The Kier molecular flexibility index (Phi) is 5.55. The van der Waals surface area contributed by atoms with Gasteiger partial charge in [0.15, 0.2) is 0 Å². The van der Waals surface area contributed by atoms with Crippen LogP contribution in [0.3, 0.4) is 0 Å². The van der Waals surface area contributed by atoms with E-state index in [4.69, 9.17) is 0 Å². The SMILES string of the molecule is CN1CC(C(C)(C)Cc2cccc(C(C)(C)C)c2)CN1CCO. The number of nitrogens with zero attached hydrogens (tertiary/aromatic N) is 2. The van der Waals surface area contributed by atoms with Gasteiger partial charge in [-0.15, -0.1) is 0 Å². The molecule has 3 nitrogen and oxygen atoms in total. The molecule has 1 aromatic carbocycles. The summed E-state index contributed by atoms with van der Waals surface area (Å²) in [5.74, 6) is 0.623. The first-order chi connectivity index (χ1) is 10.6. The van der Waals surface area contributed by atoms with Crippen LogP contribution in [-0.4, -0.2) is 48.4 Å². The van der Waals surface area contributed by atoms with Crippen LogP contribution in [0.25, 0.3) is 0 Å². The summed E-state index contributed by atoms with van der Waals surface area (Å²) in [7, 11) is 2.13. The van der Waals surface area contributed by atoms with Crippen LogP contribution in [0.4, 0.5) is 0 Å². The molecular weight excluding hydrogens is 284 g/mol. The highest BCUT2D eigenvalue weighted by Crippen LogP contribution is 2.36. The van der Waals surface area contributed by atoms with Crippen LogP contribution < -0.4 is 0 Å². The lowest BCUT2D eigenvalue weighted by atomic mass is 9.74. The van der Waals surface area contributed by atoms with E-state index in [1.54, 1.807) is 0 Å². The van der Waals surface area contributed by atoms with E-state index in [1.165, 1.54) is 11.1 Å².